The summed E-state index contributed by atoms with van der Waals surface area (Å²) in [6.07, 6.45) is 6.76. The van der Waals surface area contributed by atoms with Crippen LogP contribution < -0.4 is 11.1 Å². The molecule has 28 heavy (non-hydrogen) atoms. The van der Waals surface area contributed by atoms with Crippen molar-refractivity contribution >= 4 is 48.2 Å². The van der Waals surface area contributed by atoms with Crippen molar-refractivity contribution in [3.05, 3.63) is 29.8 Å². The molecule has 156 valence electrons. The normalized spacial score (nSPS) is 14.1. The van der Waals surface area contributed by atoms with Crippen molar-refractivity contribution < 1.29 is 9.18 Å². The van der Waals surface area contributed by atoms with E-state index in [0.29, 0.717) is 12.2 Å². The first-order valence-electron chi connectivity index (χ1n) is 8.87. The lowest BCUT2D eigenvalue weighted by molar-refractivity contribution is -0.117. The number of carbonyl (C=O) groups is 1. The number of hydrogen-bond acceptors (Lipinski definition) is 5. The van der Waals surface area contributed by atoms with Gasteiger partial charge in [-0.05, 0) is 49.5 Å². The van der Waals surface area contributed by atoms with E-state index in [-0.39, 0.29) is 36.4 Å². The second kappa shape index (κ2) is 11.6. The van der Waals surface area contributed by atoms with Crippen LogP contribution in [0.3, 0.4) is 0 Å². The number of hydrogen-bond donors (Lipinski definition) is 2. The number of aromatic nitrogens is 3. The molecule has 6 nitrogen and oxygen atoms in total. The van der Waals surface area contributed by atoms with Gasteiger partial charge < -0.3 is 15.6 Å². The molecule has 1 amide bonds. The number of aryl methyl sites for hydroxylation is 1. The van der Waals surface area contributed by atoms with Crippen LogP contribution in [0.2, 0.25) is 0 Å². The lowest BCUT2D eigenvalue weighted by atomic mass is 10.1. The first-order valence-corrected chi connectivity index (χ1v) is 10.3. The van der Waals surface area contributed by atoms with Gasteiger partial charge in [-0.2, -0.15) is 11.8 Å². The van der Waals surface area contributed by atoms with Crippen LogP contribution in [-0.4, -0.2) is 38.7 Å². The third-order valence-corrected chi connectivity index (χ3v) is 5.21. The van der Waals surface area contributed by atoms with E-state index in [1.807, 2.05) is 6.26 Å². The van der Waals surface area contributed by atoms with Crippen molar-refractivity contribution in [2.24, 2.45) is 5.73 Å². The maximum absolute atomic E-state index is 14.2. The van der Waals surface area contributed by atoms with E-state index in [4.69, 9.17) is 5.73 Å². The zero-order valence-electron chi connectivity index (χ0n) is 15.7. The molecule has 0 saturated carbocycles. The molecular weight excluding hydrogens is 424 g/mol. The van der Waals surface area contributed by atoms with Gasteiger partial charge in [-0.15, -0.1) is 35.0 Å². The first kappa shape index (κ1) is 24.7. The summed E-state index contributed by atoms with van der Waals surface area (Å²) in [4.78, 5) is 12.2. The molecule has 2 heterocycles. The number of nitrogens with one attached hydrogen (secondary N) is 1. The third kappa shape index (κ3) is 5.83. The zero-order valence-corrected chi connectivity index (χ0v) is 18.1. The number of anilines is 1. The van der Waals surface area contributed by atoms with Crippen LogP contribution in [0, 0.1) is 5.82 Å². The van der Waals surface area contributed by atoms with Gasteiger partial charge in [0, 0.05) is 18.5 Å². The molecule has 0 spiro atoms. The molecule has 0 radical (unpaired) electrons. The molecule has 0 saturated heterocycles. The van der Waals surface area contributed by atoms with Crippen molar-refractivity contribution in [1.29, 1.82) is 0 Å². The van der Waals surface area contributed by atoms with Crippen molar-refractivity contribution in [1.82, 2.24) is 14.8 Å². The highest BCUT2D eigenvalue weighted by molar-refractivity contribution is 7.98. The summed E-state index contributed by atoms with van der Waals surface area (Å²) in [5, 5.41) is 11.2. The summed E-state index contributed by atoms with van der Waals surface area (Å²) in [6.45, 7) is 0.857. The molecule has 0 fully saturated rings. The van der Waals surface area contributed by atoms with Crippen molar-refractivity contribution in [3.8, 4) is 11.4 Å². The number of rotatable bonds is 6. The Labute approximate surface area is 181 Å². The van der Waals surface area contributed by atoms with E-state index < -0.39 is 11.9 Å². The number of fused-ring (bicyclic) bond motifs is 1. The maximum atomic E-state index is 14.2. The predicted octanol–water partition coefficient (Wildman–Crippen LogP) is 3.67. The predicted molar refractivity (Wildman–Crippen MR) is 117 cm³/mol. The number of halogens is 3. The zero-order chi connectivity index (χ0) is 18.5. The average Bonchev–Trinajstić information content (AvgIpc) is 2.89. The fourth-order valence-corrected chi connectivity index (χ4v) is 3.55. The molecule has 0 bridgehead atoms. The lowest BCUT2D eigenvalue weighted by Gasteiger charge is -2.13. The van der Waals surface area contributed by atoms with E-state index in [9.17, 15) is 9.18 Å². The topological polar surface area (TPSA) is 85.8 Å². The van der Waals surface area contributed by atoms with Crippen LogP contribution in [0.5, 0.6) is 0 Å². The summed E-state index contributed by atoms with van der Waals surface area (Å²) < 4.78 is 16.3. The molecule has 1 atom stereocenters. The minimum Gasteiger partial charge on any atom is -0.322 e. The average molecular weight is 450 g/mol. The highest BCUT2D eigenvalue weighted by atomic mass is 35.5. The van der Waals surface area contributed by atoms with Gasteiger partial charge in [-0.25, -0.2) is 4.39 Å². The molecule has 10 heteroatoms. The van der Waals surface area contributed by atoms with Gasteiger partial charge in [0.25, 0.3) is 0 Å². The molecular formula is C18H26Cl2FN5OS. The summed E-state index contributed by atoms with van der Waals surface area (Å²) >= 11 is 1.62. The number of nitrogens with two attached hydrogens (primary N) is 1. The second-order valence-corrected chi connectivity index (χ2v) is 7.46. The van der Waals surface area contributed by atoms with Crippen LogP contribution in [0.15, 0.2) is 18.2 Å². The molecule has 0 aliphatic carbocycles. The van der Waals surface area contributed by atoms with E-state index in [1.165, 1.54) is 12.5 Å². The number of amides is 1. The molecule has 3 rings (SSSR count). The smallest absolute Gasteiger partial charge is 0.241 e. The van der Waals surface area contributed by atoms with Crippen LogP contribution in [0.4, 0.5) is 10.1 Å². The largest absolute Gasteiger partial charge is 0.322 e. The SMILES string of the molecule is CSCC[C@H](N)C(=O)Nc1cc(-c2nnc3n2CCCCC3)ccc1F.Cl.Cl. The number of nitrogens with zero attached hydrogens (tertiary/aromatic N) is 3. The second-order valence-electron chi connectivity index (χ2n) is 6.47. The fraction of sp³-hybridized carbons (Fsp3) is 0.500. The van der Waals surface area contributed by atoms with E-state index >= 15 is 0 Å². The Morgan fingerprint density at radius 3 is 2.86 bits per heavy atom. The van der Waals surface area contributed by atoms with Gasteiger partial charge in [-0.1, -0.05) is 6.42 Å². The molecule has 1 aromatic carbocycles. The van der Waals surface area contributed by atoms with Crippen LogP contribution in [0.1, 0.15) is 31.5 Å². The van der Waals surface area contributed by atoms with Crippen molar-refractivity contribution in [2.75, 3.05) is 17.3 Å². The Kier molecular flexibility index (Phi) is 10.2. The minimum atomic E-state index is -0.658. The van der Waals surface area contributed by atoms with Gasteiger partial charge in [0.15, 0.2) is 5.82 Å². The quantitative estimate of drug-likeness (QED) is 0.702. The van der Waals surface area contributed by atoms with E-state index in [1.54, 1.807) is 23.9 Å². The number of carbonyl (C=O) groups excluding carboxylic acids is 1. The number of benzene rings is 1. The minimum absolute atomic E-state index is 0. The maximum Gasteiger partial charge on any atom is 0.241 e. The summed E-state index contributed by atoms with van der Waals surface area (Å²) in [5.74, 6) is 1.59. The van der Waals surface area contributed by atoms with Gasteiger partial charge in [0.05, 0.1) is 11.7 Å². The van der Waals surface area contributed by atoms with Gasteiger partial charge in [-0.3, -0.25) is 4.79 Å². The van der Waals surface area contributed by atoms with Crippen LogP contribution >= 0.6 is 36.6 Å². The summed E-state index contributed by atoms with van der Waals surface area (Å²) in [6, 6.07) is 3.96. The summed E-state index contributed by atoms with van der Waals surface area (Å²) in [7, 11) is 0. The van der Waals surface area contributed by atoms with Crippen LogP contribution in [-0.2, 0) is 17.8 Å². The first-order chi connectivity index (χ1) is 12.6. The monoisotopic (exact) mass is 449 g/mol. The van der Waals surface area contributed by atoms with Gasteiger partial charge in [0.2, 0.25) is 5.91 Å². The summed E-state index contributed by atoms with van der Waals surface area (Å²) in [5.41, 5.74) is 6.73. The Hall–Kier alpha value is -1.35. The Bertz CT molecular complexity index is 789. The molecule has 2 aromatic rings. The molecule has 0 unspecified atom stereocenters. The van der Waals surface area contributed by atoms with E-state index in [2.05, 4.69) is 20.1 Å². The van der Waals surface area contributed by atoms with E-state index in [0.717, 1.165) is 42.9 Å². The van der Waals surface area contributed by atoms with Gasteiger partial charge in [0.1, 0.15) is 11.6 Å². The molecule has 3 N–H and O–H groups in total. The Morgan fingerprint density at radius 1 is 1.32 bits per heavy atom. The number of thioether (sulfide) groups is 1. The van der Waals surface area contributed by atoms with Gasteiger partial charge >= 0.3 is 0 Å². The third-order valence-electron chi connectivity index (χ3n) is 4.56. The lowest BCUT2D eigenvalue weighted by Crippen LogP contribution is -2.36. The van der Waals surface area contributed by atoms with Crippen LogP contribution in [0.25, 0.3) is 11.4 Å². The Balaban J connectivity index is 0.00000196. The van der Waals surface area contributed by atoms with Crippen molar-refractivity contribution in [2.45, 2.75) is 44.7 Å². The standard InChI is InChI=1S/C18H24FN5OS.2ClH/c1-26-10-8-14(20)18(25)21-15-11-12(6-7-13(15)19)17-23-22-16-5-3-2-4-9-24(16)17;;/h6-7,11,14H,2-5,8-10,20H2,1H3,(H,21,25);2*1H/t14-;;/m0../s1. The highest BCUT2D eigenvalue weighted by Gasteiger charge is 2.19. The molecule has 1 aliphatic heterocycles. The highest BCUT2D eigenvalue weighted by Crippen LogP contribution is 2.26. The molecule has 1 aliphatic rings. The Morgan fingerprint density at radius 2 is 2.11 bits per heavy atom. The fourth-order valence-electron chi connectivity index (χ4n) is 3.06. The van der Waals surface area contributed by atoms with Crippen molar-refractivity contribution in [3.63, 3.8) is 0 Å². The molecule has 1 aromatic heterocycles.